The number of hydrogen-bond acceptors (Lipinski definition) is 4. The summed E-state index contributed by atoms with van der Waals surface area (Å²) in [5.41, 5.74) is 0.632. The van der Waals surface area contributed by atoms with Crippen molar-refractivity contribution in [2.45, 2.75) is 26.4 Å². The molecule has 2 rings (SSSR count). The van der Waals surface area contributed by atoms with Gasteiger partial charge in [-0.15, -0.1) is 0 Å². The molecule has 0 saturated carbocycles. The van der Waals surface area contributed by atoms with Gasteiger partial charge < -0.3 is 10.2 Å². The van der Waals surface area contributed by atoms with Gasteiger partial charge in [-0.3, -0.25) is 13.9 Å². The number of likely N-dealkylation sites (N-methyl/N-ethyl adjacent to an activating group) is 1. The van der Waals surface area contributed by atoms with Crippen molar-refractivity contribution in [3.63, 3.8) is 0 Å². The minimum absolute atomic E-state index is 0.0426. The van der Waals surface area contributed by atoms with E-state index in [1.807, 2.05) is 0 Å². The molecule has 0 radical (unpaired) electrons. The third-order valence-electron chi connectivity index (χ3n) is 4.73. The van der Waals surface area contributed by atoms with E-state index in [1.54, 1.807) is 26.0 Å². The van der Waals surface area contributed by atoms with E-state index >= 15 is 0 Å². The van der Waals surface area contributed by atoms with Crippen LogP contribution < -0.4 is 9.62 Å². The van der Waals surface area contributed by atoms with Gasteiger partial charge in [0.15, 0.2) is 0 Å². The van der Waals surface area contributed by atoms with Crippen LogP contribution in [0.3, 0.4) is 0 Å². The Hall–Kier alpha value is -1.71. The zero-order chi connectivity index (χ0) is 24.9. The fraction of sp³-hybridized carbons (Fsp3) is 0.333. The van der Waals surface area contributed by atoms with Crippen molar-refractivity contribution in [3.05, 3.63) is 62.1 Å². The Morgan fingerprint density at radius 3 is 2.09 bits per heavy atom. The Labute approximate surface area is 213 Å². The number of carbonyl (C=O) groups excluding carboxylic acids is 2. The molecular weight excluding hydrogens is 532 g/mol. The smallest absolute Gasteiger partial charge is 0.244 e. The summed E-state index contributed by atoms with van der Waals surface area (Å²) in [5, 5.41) is 3.76. The Bertz CT molecular complexity index is 1140. The van der Waals surface area contributed by atoms with E-state index in [-0.39, 0.29) is 17.3 Å². The largest absolute Gasteiger partial charge is 0.355 e. The molecule has 0 bridgehead atoms. The lowest BCUT2D eigenvalue weighted by Gasteiger charge is -2.31. The lowest BCUT2D eigenvalue weighted by atomic mass is 10.1. The van der Waals surface area contributed by atoms with Gasteiger partial charge in [0.05, 0.1) is 17.0 Å². The van der Waals surface area contributed by atoms with Gasteiger partial charge in [-0.05, 0) is 49.7 Å². The Morgan fingerprint density at radius 2 is 1.58 bits per heavy atom. The van der Waals surface area contributed by atoms with Crippen molar-refractivity contribution in [1.82, 2.24) is 10.2 Å². The molecule has 12 heteroatoms. The third-order valence-corrected chi connectivity index (χ3v) is 6.98. The number of amides is 2. The van der Waals surface area contributed by atoms with Gasteiger partial charge in [0, 0.05) is 28.2 Å². The lowest BCUT2D eigenvalue weighted by Crippen LogP contribution is -2.51. The highest BCUT2D eigenvalue weighted by atomic mass is 35.5. The number of hydrogen-bond donors (Lipinski definition) is 1. The average Bonchev–Trinajstić information content (AvgIpc) is 2.70. The highest BCUT2D eigenvalue weighted by molar-refractivity contribution is 7.92. The van der Waals surface area contributed by atoms with Crippen LogP contribution in [0.2, 0.25) is 20.1 Å². The van der Waals surface area contributed by atoms with Gasteiger partial charge in [0.1, 0.15) is 12.6 Å². The second-order valence-electron chi connectivity index (χ2n) is 7.19. The SMILES string of the molecule is CCNC(=O)[C@H](C)N(Cc1ccc(Cl)cc1Cl)C(=O)CN(c1ccc(Cl)cc1Cl)S(C)(=O)=O. The molecule has 180 valence electrons. The Kier molecular flexibility index (Phi) is 9.70. The molecule has 33 heavy (non-hydrogen) atoms. The number of halogens is 4. The van der Waals surface area contributed by atoms with Gasteiger partial charge in [0.2, 0.25) is 21.8 Å². The van der Waals surface area contributed by atoms with Gasteiger partial charge in [-0.2, -0.15) is 0 Å². The minimum Gasteiger partial charge on any atom is -0.355 e. The second-order valence-corrected chi connectivity index (χ2v) is 10.8. The topological polar surface area (TPSA) is 86.8 Å². The van der Waals surface area contributed by atoms with Crippen LogP contribution >= 0.6 is 46.4 Å². The quantitative estimate of drug-likeness (QED) is 0.490. The van der Waals surface area contributed by atoms with Crippen LogP contribution in [0.1, 0.15) is 19.4 Å². The van der Waals surface area contributed by atoms with Gasteiger partial charge in [-0.25, -0.2) is 8.42 Å². The van der Waals surface area contributed by atoms with Crippen molar-refractivity contribution >= 4 is 73.9 Å². The van der Waals surface area contributed by atoms with E-state index < -0.39 is 34.4 Å². The van der Waals surface area contributed by atoms with Gasteiger partial charge in [-0.1, -0.05) is 52.5 Å². The molecule has 0 aliphatic carbocycles. The van der Waals surface area contributed by atoms with Crippen LogP contribution in [0.25, 0.3) is 0 Å². The number of carbonyl (C=O) groups is 2. The van der Waals surface area contributed by atoms with E-state index in [0.717, 1.165) is 10.6 Å². The lowest BCUT2D eigenvalue weighted by molar-refractivity contribution is -0.139. The second kappa shape index (κ2) is 11.6. The Morgan fingerprint density at radius 1 is 1.00 bits per heavy atom. The first-order valence-corrected chi connectivity index (χ1v) is 13.1. The zero-order valence-electron chi connectivity index (χ0n) is 18.1. The van der Waals surface area contributed by atoms with Crippen LogP contribution in [0, 0.1) is 0 Å². The van der Waals surface area contributed by atoms with Crippen molar-refractivity contribution in [1.29, 1.82) is 0 Å². The summed E-state index contributed by atoms with van der Waals surface area (Å²) in [6.45, 7) is 3.03. The van der Waals surface area contributed by atoms with E-state index in [9.17, 15) is 18.0 Å². The molecular formula is C21H23Cl4N3O4S. The summed E-state index contributed by atoms with van der Waals surface area (Å²) in [4.78, 5) is 27.2. The monoisotopic (exact) mass is 553 g/mol. The molecule has 2 aromatic rings. The molecule has 1 N–H and O–H groups in total. The number of rotatable bonds is 9. The first kappa shape index (κ1) is 27.5. The highest BCUT2D eigenvalue weighted by Gasteiger charge is 2.31. The first-order valence-electron chi connectivity index (χ1n) is 9.79. The highest BCUT2D eigenvalue weighted by Crippen LogP contribution is 2.31. The molecule has 0 heterocycles. The number of sulfonamides is 1. The van der Waals surface area contributed by atoms with E-state index in [0.29, 0.717) is 27.2 Å². The molecule has 2 aromatic carbocycles. The van der Waals surface area contributed by atoms with Crippen molar-refractivity contribution in [2.24, 2.45) is 0 Å². The van der Waals surface area contributed by atoms with E-state index in [1.165, 1.54) is 29.2 Å². The van der Waals surface area contributed by atoms with E-state index in [2.05, 4.69) is 5.32 Å². The number of nitrogens with one attached hydrogen (secondary N) is 1. The summed E-state index contributed by atoms with van der Waals surface area (Å²) in [5.74, 6) is -1.03. The molecule has 7 nitrogen and oxygen atoms in total. The number of nitrogens with zero attached hydrogens (tertiary/aromatic N) is 2. The molecule has 0 spiro atoms. The maximum Gasteiger partial charge on any atom is 0.244 e. The molecule has 0 aromatic heterocycles. The Balaban J connectivity index is 2.45. The zero-order valence-corrected chi connectivity index (χ0v) is 22.0. The molecule has 0 fully saturated rings. The molecule has 1 atom stereocenters. The maximum absolute atomic E-state index is 13.4. The van der Waals surface area contributed by atoms with Gasteiger partial charge in [0.25, 0.3) is 0 Å². The normalized spacial score (nSPS) is 12.2. The van der Waals surface area contributed by atoms with Gasteiger partial charge >= 0.3 is 0 Å². The molecule has 0 saturated heterocycles. The summed E-state index contributed by atoms with van der Waals surface area (Å²) < 4.78 is 25.9. The fourth-order valence-corrected chi connectivity index (χ4v) is 4.91. The molecule has 0 aliphatic rings. The molecule has 2 amide bonds. The van der Waals surface area contributed by atoms with Crippen molar-refractivity contribution in [3.8, 4) is 0 Å². The predicted octanol–water partition coefficient (Wildman–Crippen LogP) is 4.62. The summed E-state index contributed by atoms with van der Waals surface area (Å²) >= 11 is 24.4. The van der Waals surface area contributed by atoms with E-state index in [4.69, 9.17) is 46.4 Å². The van der Waals surface area contributed by atoms with Crippen LogP contribution in [0.15, 0.2) is 36.4 Å². The predicted molar refractivity (Wildman–Crippen MR) is 134 cm³/mol. The number of benzene rings is 2. The molecule has 0 unspecified atom stereocenters. The standard InChI is InChI=1S/C21H23Cl4N3O4S/c1-4-26-21(30)13(2)27(11-14-5-6-15(22)9-17(14)24)20(29)12-28(33(3,31)32)19-8-7-16(23)10-18(19)25/h5-10,13H,4,11-12H2,1-3H3,(H,26,30)/t13-/m0/s1. The van der Waals surface area contributed by atoms with Crippen LogP contribution in [-0.4, -0.2) is 50.5 Å². The van der Waals surface area contributed by atoms with Crippen molar-refractivity contribution in [2.75, 3.05) is 23.7 Å². The summed E-state index contributed by atoms with van der Waals surface area (Å²) in [6.07, 6.45) is 0.957. The summed E-state index contributed by atoms with van der Waals surface area (Å²) in [6, 6.07) is 8.11. The maximum atomic E-state index is 13.4. The summed E-state index contributed by atoms with van der Waals surface area (Å²) in [7, 11) is -3.91. The van der Waals surface area contributed by atoms with Crippen molar-refractivity contribution < 1.29 is 18.0 Å². The number of anilines is 1. The molecule has 0 aliphatic heterocycles. The average molecular weight is 555 g/mol. The van der Waals surface area contributed by atoms with Crippen LogP contribution in [0.5, 0.6) is 0 Å². The third kappa shape index (κ3) is 7.39. The fourth-order valence-electron chi connectivity index (χ4n) is 3.02. The van der Waals surface area contributed by atoms with Crippen LogP contribution in [-0.2, 0) is 26.2 Å². The van der Waals surface area contributed by atoms with Crippen LogP contribution in [0.4, 0.5) is 5.69 Å². The first-order chi connectivity index (χ1) is 15.3. The minimum atomic E-state index is -3.91.